The largest absolute Gasteiger partial charge is 0.366 e. The zero-order valence-electron chi connectivity index (χ0n) is 13.6. The van der Waals surface area contributed by atoms with Gasteiger partial charge in [0.1, 0.15) is 11.5 Å². The van der Waals surface area contributed by atoms with Gasteiger partial charge in [0.25, 0.3) is 5.91 Å². The third-order valence-electron chi connectivity index (χ3n) is 4.22. The minimum atomic E-state index is -0.239. The Hall–Kier alpha value is -2.43. The summed E-state index contributed by atoms with van der Waals surface area (Å²) < 4.78 is 0. The number of aromatic nitrogens is 2. The van der Waals surface area contributed by atoms with Gasteiger partial charge in [0.2, 0.25) is 0 Å². The highest BCUT2D eigenvalue weighted by Crippen LogP contribution is 2.21. The standard InChI is InChI=1S/C18H22N4O/c1-12-7-8-15(13(2)9-12)22-18(23)16-10-20-17(11-19-16)21-14-5-3-4-6-14/h7-11,14H,3-6H2,1-2H3,(H,20,21)(H,22,23). The molecule has 1 aliphatic carbocycles. The summed E-state index contributed by atoms with van der Waals surface area (Å²) in [6.07, 6.45) is 8.04. The van der Waals surface area contributed by atoms with Crippen molar-refractivity contribution in [3.05, 3.63) is 47.4 Å². The summed E-state index contributed by atoms with van der Waals surface area (Å²) >= 11 is 0. The number of nitrogens with zero attached hydrogens (tertiary/aromatic N) is 2. The molecule has 1 saturated carbocycles. The Balaban J connectivity index is 1.65. The van der Waals surface area contributed by atoms with Crippen LogP contribution in [0.15, 0.2) is 30.6 Å². The van der Waals surface area contributed by atoms with Gasteiger partial charge in [0, 0.05) is 11.7 Å². The number of carbonyl (C=O) groups is 1. The highest BCUT2D eigenvalue weighted by atomic mass is 16.1. The number of anilines is 2. The van der Waals surface area contributed by atoms with Gasteiger partial charge in [-0.3, -0.25) is 4.79 Å². The molecular weight excluding hydrogens is 288 g/mol. The van der Waals surface area contributed by atoms with Crippen LogP contribution >= 0.6 is 0 Å². The lowest BCUT2D eigenvalue weighted by Crippen LogP contribution is -2.18. The van der Waals surface area contributed by atoms with Crippen molar-refractivity contribution in [2.75, 3.05) is 10.6 Å². The number of carbonyl (C=O) groups excluding carboxylic acids is 1. The Kier molecular flexibility index (Phi) is 4.55. The zero-order valence-corrected chi connectivity index (χ0v) is 13.6. The van der Waals surface area contributed by atoms with Gasteiger partial charge in [-0.1, -0.05) is 30.5 Å². The van der Waals surface area contributed by atoms with Crippen LogP contribution in [0.5, 0.6) is 0 Å². The second-order valence-corrected chi connectivity index (χ2v) is 6.19. The van der Waals surface area contributed by atoms with Gasteiger partial charge in [-0.25, -0.2) is 9.97 Å². The van der Waals surface area contributed by atoms with Crippen LogP contribution in [0.4, 0.5) is 11.5 Å². The molecule has 1 amide bonds. The first kappa shape index (κ1) is 15.5. The van der Waals surface area contributed by atoms with Crippen molar-refractivity contribution in [2.24, 2.45) is 0 Å². The molecule has 0 unspecified atom stereocenters. The van der Waals surface area contributed by atoms with Crippen LogP contribution in [0.25, 0.3) is 0 Å². The molecule has 5 heteroatoms. The average molecular weight is 310 g/mol. The molecule has 2 N–H and O–H groups in total. The Labute approximate surface area is 136 Å². The summed E-state index contributed by atoms with van der Waals surface area (Å²) in [5.41, 5.74) is 3.32. The summed E-state index contributed by atoms with van der Waals surface area (Å²) in [5.74, 6) is 0.497. The maximum atomic E-state index is 12.3. The smallest absolute Gasteiger partial charge is 0.275 e. The first-order valence-electron chi connectivity index (χ1n) is 8.09. The van der Waals surface area contributed by atoms with Crippen LogP contribution in [0.2, 0.25) is 0 Å². The normalized spacial score (nSPS) is 14.7. The Bertz CT molecular complexity index is 691. The average Bonchev–Trinajstić information content (AvgIpc) is 3.04. The number of rotatable bonds is 4. The van der Waals surface area contributed by atoms with Crippen LogP contribution in [0.3, 0.4) is 0 Å². The quantitative estimate of drug-likeness (QED) is 0.903. The summed E-state index contributed by atoms with van der Waals surface area (Å²) in [4.78, 5) is 20.8. The van der Waals surface area contributed by atoms with E-state index < -0.39 is 0 Å². The maximum absolute atomic E-state index is 12.3. The number of hydrogen-bond acceptors (Lipinski definition) is 4. The molecule has 0 bridgehead atoms. The highest BCUT2D eigenvalue weighted by molar-refractivity contribution is 6.03. The van der Waals surface area contributed by atoms with E-state index in [1.165, 1.54) is 37.4 Å². The van der Waals surface area contributed by atoms with Crippen LogP contribution in [0, 0.1) is 13.8 Å². The Morgan fingerprint density at radius 3 is 2.57 bits per heavy atom. The SMILES string of the molecule is Cc1ccc(NC(=O)c2cnc(NC3CCCC3)cn2)c(C)c1. The fraction of sp³-hybridized carbons (Fsp3) is 0.389. The van der Waals surface area contributed by atoms with Gasteiger partial charge >= 0.3 is 0 Å². The van der Waals surface area contributed by atoms with Crippen LogP contribution in [0.1, 0.15) is 47.3 Å². The molecule has 1 aliphatic rings. The first-order chi connectivity index (χ1) is 11.1. The molecular formula is C18H22N4O. The molecule has 0 aliphatic heterocycles. The number of nitrogens with one attached hydrogen (secondary N) is 2. The number of benzene rings is 1. The minimum Gasteiger partial charge on any atom is -0.366 e. The van der Waals surface area contributed by atoms with Crippen molar-refractivity contribution in [1.82, 2.24) is 9.97 Å². The Morgan fingerprint density at radius 1 is 1.13 bits per heavy atom. The van der Waals surface area contributed by atoms with E-state index in [-0.39, 0.29) is 5.91 Å². The van der Waals surface area contributed by atoms with Gasteiger partial charge in [-0.2, -0.15) is 0 Å². The van der Waals surface area contributed by atoms with Crippen molar-refractivity contribution in [1.29, 1.82) is 0 Å². The van der Waals surface area contributed by atoms with Gasteiger partial charge in [-0.05, 0) is 38.3 Å². The van der Waals surface area contributed by atoms with Crippen LogP contribution in [-0.4, -0.2) is 21.9 Å². The fourth-order valence-electron chi connectivity index (χ4n) is 2.94. The van der Waals surface area contributed by atoms with Gasteiger partial charge < -0.3 is 10.6 Å². The zero-order chi connectivity index (χ0) is 16.2. The van der Waals surface area contributed by atoms with E-state index in [9.17, 15) is 4.79 Å². The van der Waals surface area contributed by atoms with Crippen molar-refractivity contribution in [3.8, 4) is 0 Å². The molecule has 5 nitrogen and oxygen atoms in total. The summed E-state index contributed by atoms with van der Waals surface area (Å²) in [7, 11) is 0. The first-order valence-corrected chi connectivity index (χ1v) is 8.09. The molecule has 0 atom stereocenters. The van der Waals surface area contributed by atoms with Crippen molar-refractivity contribution in [2.45, 2.75) is 45.6 Å². The lowest BCUT2D eigenvalue weighted by molar-refractivity contribution is 0.102. The molecule has 2 aromatic rings. The van der Waals surface area contributed by atoms with E-state index in [0.717, 1.165) is 17.1 Å². The van der Waals surface area contributed by atoms with E-state index in [1.54, 1.807) is 6.20 Å². The van der Waals surface area contributed by atoms with Crippen LogP contribution < -0.4 is 10.6 Å². The van der Waals surface area contributed by atoms with Crippen molar-refractivity contribution in [3.63, 3.8) is 0 Å². The van der Waals surface area contributed by atoms with E-state index >= 15 is 0 Å². The number of hydrogen-bond donors (Lipinski definition) is 2. The minimum absolute atomic E-state index is 0.239. The summed E-state index contributed by atoms with van der Waals surface area (Å²) in [6.45, 7) is 4.00. The van der Waals surface area contributed by atoms with Gasteiger partial charge in [-0.15, -0.1) is 0 Å². The number of aryl methyl sites for hydroxylation is 2. The molecule has 120 valence electrons. The maximum Gasteiger partial charge on any atom is 0.275 e. The fourth-order valence-corrected chi connectivity index (χ4v) is 2.94. The molecule has 0 spiro atoms. The van der Waals surface area contributed by atoms with Crippen LogP contribution in [-0.2, 0) is 0 Å². The lowest BCUT2D eigenvalue weighted by atomic mass is 10.1. The molecule has 1 aromatic carbocycles. The monoisotopic (exact) mass is 310 g/mol. The Morgan fingerprint density at radius 2 is 1.91 bits per heavy atom. The van der Waals surface area contributed by atoms with Gasteiger partial charge in [0.05, 0.1) is 12.4 Å². The summed E-state index contributed by atoms with van der Waals surface area (Å²) in [6, 6.07) is 6.41. The van der Waals surface area contributed by atoms with E-state index in [1.807, 2.05) is 32.0 Å². The third-order valence-corrected chi connectivity index (χ3v) is 4.22. The molecule has 23 heavy (non-hydrogen) atoms. The van der Waals surface area contributed by atoms with Gasteiger partial charge in [0.15, 0.2) is 0 Å². The van der Waals surface area contributed by atoms with Crippen molar-refractivity contribution < 1.29 is 4.79 Å². The third kappa shape index (κ3) is 3.86. The second-order valence-electron chi connectivity index (χ2n) is 6.19. The predicted molar refractivity (Wildman–Crippen MR) is 91.8 cm³/mol. The summed E-state index contributed by atoms with van der Waals surface area (Å²) in [5, 5.41) is 6.25. The second kappa shape index (κ2) is 6.77. The molecule has 1 aromatic heterocycles. The van der Waals surface area contributed by atoms with E-state index in [4.69, 9.17) is 0 Å². The molecule has 0 radical (unpaired) electrons. The van der Waals surface area contributed by atoms with Crippen molar-refractivity contribution >= 4 is 17.4 Å². The molecule has 1 heterocycles. The van der Waals surface area contributed by atoms with E-state index in [0.29, 0.717) is 11.7 Å². The predicted octanol–water partition coefficient (Wildman–Crippen LogP) is 3.70. The molecule has 0 saturated heterocycles. The number of amides is 1. The van der Waals surface area contributed by atoms with E-state index in [2.05, 4.69) is 20.6 Å². The lowest BCUT2D eigenvalue weighted by Gasteiger charge is -2.12. The topological polar surface area (TPSA) is 66.9 Å². The molecule has 3 rings (SSSR count). The highest BCUT2D eigenvalue weighted by Gasteiger charge is 2.15. The molecule has 1 fully saturated rings.